The first-order chi connectivity index (χ1) is 16.1. The minimum atomic E-state index is -0.370. The lowest BCUT2D eigenvalue weighted by Crippen LogP contribution is -2.19. The summed E-state index contributed by atoms with van der Waals surface area (Å²) in [5.74, 6) is -0.609. The molecule has 5 rings (SSSR count). The number of hydrogen-bond acceptors (Lipinski definition) is 8. The molecule has 4 aromatic rings. The van der Waals surface area contributed by atoms with Gasteiger partial charge in [-0.05, 0) is 44.2 Å². The van der Waals surface area contributed by atoms with Gasteiger partial charge in [-0.3, -0.25) is 4.79 Å². The van der Waals surface area contributed by atoms with Crippen molar-refractivity contribution >= 4 is 50.6 Å². The summed E-state index contributed by atoms with van der Waals surface area (Å²) in [7, 11) is 0. The Labute approximate surface area is 197 Å². The van der Waals surface area contributed by atoms with E-state index in [0.717, 1.165) is 31.2 Å². The highest BCUT2D eigenvalue weighted by Gasteiger charge is 2.26. The van der Waals surface area contributed by atoms with Gasteiger partial charge in [0.05, 0.1) is 17.7 Å². The molecule has 0 saturated carbocycles. The summed E-state index contributed by atoms with van der Waals surface area (Å²) < 4.78 is 6.51. The molecular weight excluding hydrogens is 458 g/mol. The quantitative estimate of drug-likeness (QED) is 0.320. The number of thiazole rings is 1. The summed E-state index contributed by atoms with van der Waals surface area (Å²) >= 11 is 2.75. The molecule has 0 spiro atoms. The van der Waals surface area contributed by atoms with E-state index in [1.165, 1.54) is 38.3 Å². The number of carbonyl (C=O) groups is 1. The van der Waals surface area contributed by atoms with E-state index in [1.807, 2.05) is 0 Å². The molecule has 3 aromatic heterocycles. The Hall–Kier alpha value is -3.30. The van der Waals surface area contributed by atoms with Crippen molar-refractivity contribution in [3.8, 4) is 11.0 Å². The zero-order chi connectivity index (χ0) is 22.9. The van der Waals surface area contributed by atoms with E-state index in [0.29, 0.717) is 32.0 Å². The first-order valence-electron chi connectivity index (χ1n) is 10.7. The van der Waals surface area contributed by atoms with Crippen molar-refractivity contribution in [3.63, 3.8) is 0 Å². The molecule has 0 bridgehead atoms. The molecule has 0 aliphatic heterocycles. The lowest BCUT2D eigenvalue weighted by Gasteiger charge is -2.12. The lowest BCUT2D eigenvalue weighted by molar-refractivity contribution is 0.0526. The van der Waals surface area contributed by atoms with Gasteiger partial charge in [-0.1, -0.05) is 18.2 Å². The summed E-state index contributed by atoms with van der Waals surface area (Å²) in [6.45, 7) is 2.07. The average molecular weight is 480 g/mol. The van der Waals surface area contributed by atoms with E-state index in [4.69, 9.17) is 4.74 Å². The Morgan fingerprint density at radius 2 is 2.06 bits per heavy atom. The van der Waals surface area contributed by atoms with Crippen molar-refractivity contribution < 1.29 is 14.6 Å². The number of benzene rings is 1. The standard InChI is InChI=1S/C24H21N3O4S2/c1-2-31-23(30)19-16-9-5-6-10-18(16)33-20(19)26-13-17-14-7-3-4-8-15(14)21(28)27(22(17)29)24-25-11-12-32-24/h3-4,7-8,11-13,29H,2,5-6,9-10H2,1H3. The summed E-state index contributed by atoms with van der Waals surface area (Å²) in [5.41, 5.74) is 1.58. The Morgan fingerprint density at radius 1 is 1.27 bits per heavy atom. The van der Waals surface area contributed by atoms with Crippen LogP contribution in [-0.4, -0.2) is 33.4 Å². The molecule has 0 saturated heterocycles. The van der Waals surface area contributed by atoms with Gasteiger partial charge < -0.3 is 9.84 Å². The number of pyridine rings is 1. The molecule has 33 heavy (non-hydrogen) atoms. The van der Waals surface area contributed by atoms with Gasteiger partial charge in [0.25, 0.3) is 5.56 Å². The largest absolute Gasteiger partial charge is 0.494 e. The van der Waals surface area contributed by atoms with Crippen LogP contribution in [-0.2, 0) is 17.6 Å². The Bertz CT molecular complexity index is 1430. The van der Waals surface area contributed by atoms with Crippen LogP contribution < -0.4 is 5.56 Å². The van der Waals surface area contributed by atoms with Gasteiger partial charge in [-0.15, -0.1) is 22.7 Å². The van der Waals surface area contributed by atoms with Gasteiger partial charge >= 0.3 is 5.97 Å². The van der Waals surface area contributed by atoms with Gasteiger partial charge in [-0.25, -0.2) is 19.3 Å². The van der Waals surface area contributed by atoms with Crippen LogP contribution >= 0.6 is 22.7 Å². The highest BCUT2D eigenvalue weighted by atomic mass is 32.1. The van der Waals surface area contributed by atoms with Crippen molar-refractivity contribution in [1.29, 1.82) is 0 Å². The van der Waals surface area contributed by atoms with Crippen LogP contribution in [0.1, 0.15) is 46.1 Å². The fraction of sp³-hybridized carbons (Fsp3) is 0.250. The van der Waals surface area contributed by atoms with E-state index in [-0.39, 0.29) is 24.0 Å². The van der Waals surface area contributed by atoms with Crippen molar-refractivity contribution in [2.75, 3.05) is 6.61 Å². The number of ether oxygens (including phenoxy) is 1. The first-order valence-corrected chi connectivity index (χ1v) is 12.4. The van der Waals surface area contributed by atoms with Gasteiger partial charge in [0.1, 0.15) is 5.00 Å². The molecule has 0 atom stereocenters. The van der Waals surface area contributed by atoms with Gasteiger partial charge in [-0.2, -0.15) is 0 Å². The summed E-state index contributed by atoms with van der Waals surface area (Å²) in [6.07, 6.45) is 6.98. The molecule has 7 nitrogen and oxygen atoms in total. The smallest absolute Gasteiger partial charge is 0.341 e. The Morgan fingerprint density at radius 3 is 2.82 bits per heavy atom. The lowest BCUT2D eigenvalue weighted by atomic mass is 9.95. The highest BCUT2D eigenvalue weighted by molar-refractivity contribution is 7.16. The molecule has 168 valence electrons. The third-order valence-electron chi connectivity index (χ3n) is 5.66. The first kappa shape index (κ1) is 21.5. The van der Waals surface area contributed by atoms with E-state index in [9.17, 15) is 14.7 Å². The molecule has 9 heteroatoms. The Kier molecular flexibility index (Phi) is 5.82. The number of aromatic hydroxyl groups is 1. The van der Waals surface area contributed by atoms with Crippen LogP contribution in [0.5, 0.6) is 5.88 Å². The van der Waals surface area contributed by atoms with Crippen LogP contribution in [0.2, 0.25) is 0 Å². The monoisotopic (exact) mass is 479 g/mol. The van der Waals surface area contributed by atoms with Crippen LogP contribution in [0.4, 0.5) is 5.00 Å². The number of carbonyl (C=O) groups excluding carboxylic acids is 1. The summed E-state index contributed by atoms with van der Waals surface area (Å²) in [4.78, 5) is 35.8. The summed E-state index contributed by atoms with van der Waals surface area (Å²) in [6, 6.07) is 7.07. The van der Waals surface area contributed by atoms with E-state index in [1.54, 1.807) is 42.8 Å². The number of aliphatic imine (C=N–C) groups is 1. The molecular formula is C24H21N3O4S2. The van der Waals surface area contributed by atoms with Crippen molar-refractivity contribution in [3.05, 3.63) is 67.8 Å². The van der Waals surface area contributed by atoms with Gasteiger partial charge in [0.15, 0.2) is 5.13 Å². The third kappa shape index (κ3) is 3.77. The second-order valence-corrected chi connectivity index (χ2v) is 9.56. The zero-order valence-corrected chi connectivity index (χ0v) is 19.5. The van der Waals surface area contributed by atoms with Crippen molar-refractivity contribution in [2.45, 2.75) is 32.6 Å². The van der Waals surface area contributed by atoms with Gasteiger partial charge in [0, 0.05) is 33.4 Å². The molecule has 1 N–H and O–H groups in total. The zero-order valence-electron chi connectivity index (χ0n) is 17.9. The maximum Gasteiger partial charge on any atom is 0.341 e. The number of hydrogen-bond donors (Lipinski definition) is 1. The molecule has 0 unspecified atom stereocenters. The van der Waals surface area contributed by atoms with E-state index in [2.05, 4.69) is 9.98 Å². The second kappa shape index (κ2) is 8.92. The van der Waals surface area contributed by atoms with E-state index >= 15 is 0 Å². The molecule has 1 aliphatic carbocycles. The van der Waals surface area contributed by atoms with Crippen LogP contribution in [0.15, 0.2) is 45.6 Å². The molecule has 1 aliphatic rings. The molecule has 3 heterocycles. The van der Waals surface area contributed by atoms with Crippen molar-refractivity contribution in [1.82, 2.24) is 9.55 Å². The number of aromatic nitrogens is 2. The Balaban J connectivity index is 1.69. The number of thiophene rings is 1. The fourth-order valence-electron chi connectivity index (χ4n) is 4.17. The highest BCUT2D eigenvalue weighted by Crippen LogP contribution is 2.40. The molecule has 0 fully saturated rings. The van der Waals surface area contributed by atoms with E-state index < -0.39 is 0 Å². The number of rotatable bonds is 5. The third-order valence-corrected chi connectivity index (χ3v) is 7.61. The van der Waals surface area contributed by atoms with Crippen LogP contribution in [0, 0.1) is 0 Å². The normalized spacial score (nSPS) is 13.5. The number of nitrogens with zero attached hydrogens (tertiary/aromatic N) is 3. The fourth-order valence-corrected chi connectivity index (χ4v) is 6.03. The maximum absolute atomic E-state index is 13.1. The average Bonchev–Trinajstić information content (AvgIpc) is 3.47. The minimum absolute atomic E-state index is 0.239. The maximum atomic E-state index is 13.1. The summed E-state index contributed by atoms with van der Waals surface area (Å²) in [5, 5.41) is 14.8. The SMILES string of the molecule is CCOC(=O)c1c(N=Cc2c(O)n(-c3nccs3)c(=O)c3ccccc23)sc2c1CCCC2. The minimum Gasteiger partial charge on any atom is -0.494 e. The van der Waals surface area contributed by atoms with Crippen LogP contribution in [0.25, 0.3) is 15.9 Å². The molecule has 0 radical (unpaired) electrons. The predicted octanol–water partition coefficient (Wildman–Crippen LogP) is 5.02. The van der Waals surface area contributed by atoms with Crippen LogP contribution in [0.3, 0.4) is 0 Å². The number of aryl methyl sites for hydroxylation is 1. The number of esters is 1. The molecule has 0 amide bonds. The topological polar surface area (TPSA) is 93.8 Å². The second-order valence-electron chi connectivity index (χ2n) is 7.61. The number of fused-ring (bicyclic) bond motifs is 2. The predicted molar refractivity (Wildman–Crippen MR) is 131 cm³/mol. The van der Waals surface area contributed by atoms with Crippen molar-refractivity contribution in [2.24, 2.45) is 4.99 Å². The molecule has 1 aromatic carbocycles. The van der Waals surface area contributed by atoms with Gasteiger partial charge in [0.2, 0.25) is 5.88 Å².